The molecule has 0 radical (unpaired) electrons. The van der Waals surface area contributed by atoms with Crippen LogP contribution >= 0.6 is 0 Å². The van der Waals surface area contributed by atoms with Gasteiger partial charge in [-0.3, -0.25) is 0 Å². The van der Waals surface area contributed by atoms with Gasteiger partial charge in [0.2, 0.25) is 0 Å². The van der Waals surface area contributed by atoms with E-state index in [1.54, 1.807) is 7.11 Å². The van der Waals surface area contributed by atoms with Crippen LogP contribution in [0.5, 0.6) is 5.75 Å². The van der Waals surface area contributed by atoms with Gasteiger partial charge >= 0.3 is 0 Å². The fourth-order valence-electron chi connectivity index (χ4n) is 2.20. The Labute approximate surface area is 118 Å². The maximum Gasteiger partial charge on any atom is 0.119 e. The van der Waals surface area contributed by atoms with Crippen LogP contribution in [0.3, 0.4) is 0 Å². The Kier molecular flexibility index (Phi) is 7.53. The van der Waals surface area contributed by atoms with Crippen molar-refractivity contribution < 1.29 is 4.74 Å². The van der Waals surface area contributed by atoms with Crippen molar-refractivity contribution in [3.8, 4) is 5.75 Å². The van der Waals surface area contributed by atoms with Gasteiger partial charge in [-0.1, -0.05) is 25.5 Å². The molecule has 0 amide bonds. The molecule has 0 aliphatic carbocycles. The number of rotatable bonds is 9. The molecule has 0 bridgehead atoms. The first kappa shape index (κ1) is 16.0. The van der Waals surface area contributed by atoms with Crippen molar-refractivity contribution in [3.63, 3.8) is 0 Å². The molecule has 0 fully saturated rings. The van der Waals surface area contributed by atoms with E-state index in [2.05, 4.69) is 43.2 Å². The summed E-state index contributed by atoms with van der Waals surface area (Å²) >= 11 is 0. The van der Waals surface area contributed by atoms with E-state index in [9.17, 15) is 0 Å². The molecule has 1 atom stereocenters. The smallest absolute Gasteiger partial charge is 0.119 e. The largest absolute Gasteiger partial charge is 0.497 e. The maximum atomic E-state index is 5.25. The highest BCUT2D eigenvalue weighted by Gasteiger charge is 2.03. The highest BCUT2D eigenvalue weighted by atomic mass is 16.5. The summed E-state index contributed by atoms with van der Waals surface area (Å²) in [5.74, 6) is 0.931. The van der Waals surface area contributed by atoms with Crippen molar-refractivity contribution in [2.45, 2.75) is 39.3 Å². The number of benzene rings is 1. The van der Waals surface area contributed by atoms with E-state index in [1.807, 2.05) is 12.1 Å². The van der Waals surface area contributed by atoms with Crippen LogP contribution < -0.4 is 10.1 Å². The van der Waals surface area contributed by atoms with Gasteiger partial charge in [0, 0.05) is 25.7 Å². The molecule has 0 aliphatic heterocycles. The predicted octanol–water partition coefficient (Wildman–Crippen LogP) is 2.91. The molecule has 1 N–H and O–H groups in total. The minimum atomic E-state index is 0.621. The fourth-order valence-corrected chi connectivity index (χ4v) is 2.20. The SMILES string of the molecule is CCCC(C)NCCN(C)Cc1cccc(OC)c1. The number of ether oxygens (including phenoxy) is 1. The normalized spacial score (nSPS) is 12.7. The van der Waals surface area contributed by atoms with Crippen molar-refractivity contribution in [1.82, 2.24) is 10.2 Å². The molecule has 0 aromatic heterocycles. The molecule has 0 spiro atoms. The second-order valence-electron chi connectivity index (χ2n) is 5.23. The minimum Gasteiger partial charge on any atom is -0.497 e. The Morgan fingerprint density at radius 3 is 2.84 bits per heavy atom. The highest BCUT2D eigenvalue weighted by molar-refractivity contribution is 5.28. The third-order valence-electron chi connectivity index (χ3n) is 3.29. The Morgan fingerprint density at radius 1 is 1.37 bits per heavy atom. The van der Waals surface area contributed by atoms with Crippen molar-refractivity contribution >= 4 is 0 Å². The number of nitrogens with zero attached hydrogens (tertiary/aromatic N) is 1. The van der Waals surface area contributed by atoms with E-state index < -0.39 is 0 Å². The molecule has 3 nitrogen and oxygen atoms in total. The molecular formula is C16H28N2O. The van der Waals surface area contributed by atoms with E-state index in [0.717, 1.165) is 25.4 Å². The second kappa shape index (κ2) is 8.94. The molecule has 0 heterocycles. The standard InChI is InChI=1S/C16H28N2O/c1-5-7-14(2)17-10-11-18(3)13-15-8-6-9-16(12-15)19-4/h6,8-9,12,14,17H,5,7,10-11,13H2,1-4H3. The number of hydrogen-bond donors (Lipinski definition) is 1. The first-order chi connectivity index (χ1) is 9.15. The lowest BCUT2D eigenvalue weighted by Crippen LogP contribution is -2.34. The second-order valence-corrected chi connectivity index (χ2v) is 5.23. The third-order valence-corrected chi connectivity index (χ3v) is 3.29. The van der Waals surface area contributed by atoms with Crippen LogP contribution in [-0.4, -0.2) is 38.2 Å². The number of methoxy groups -OCH3 is 1. The lowest BCUT2D eigenvalue weighted by Gasteiger charge is -2.19. The summed E-state index contributed by atoms with van der Waals surface area (Å²) in [6.45, 7) is 7.55. The number of hydrogen-bond acceptors (Lipinski definition) is 3. The zero-order valence-electron chi connectivity index (χ0n) is 12.8. The van der Waals surface area contributed by atoms with Gasteiger partial charge in [0.05, 0.1) is 7.11 Å². The zero-order chi connectivity index (χ0) is 14.1. The van der Waals surface area contributed by atoms with Gasteiger partial charge < -0.3 is 15.0 Å². The van der Waals surface area contributed by atoms with E-state index >= 15 is 0 Å². The molecular weight excluding hydrogens is 236 g/mol. The highest BCUT2D eigenvalue weighted by Crippen LogP contribution is 2.13. The first-order valence-corrected chi connectivity index (χ1v) is 7.20. The van der Waals surface area contributed by atoms with Crippen LogP contribution in [0.15, 0.2) is 24.3 Å². The summed E-state index contributed by atoms with van der Waals surface area (Å²) in [6, 6.07) is 8.90. The van der Waals surface area contributed by atoms with Gasteiger partial charge in [-0.15, -0.1) is 0 Å². The number of likely N-dealkylation sites (N-methyl/N-ethyl adjacent to an activating group) is 1. The van der Waals surface area contributed by atoms with Crippen molar-refractivity contribution in [3.05, 3.63) is 29.8 Å². The number of nitrogens with one attached hydrogen (secondary N) is 1. The van der Waals surface area contributed by atoms with Crippen LogP contribution in [0.2, 0.25) is 0 Å². The Balaban J connectivity index is 2.28. The molecule has 1 unspecified atom stereocenters. The van der Waals surface area contributed by atoms with Crippen LogP contribution in [0, 0.1) is 0 Å². The maximum absolute atomic E-state index is 5.25. The van der Waals surface area contributed by atoms with Gasteiger partial charge in [0.1, 0.15) is 5.75 Å². The first-order valence-electron chi connectivity index (χ1n) is 7.20. The van der Waals surface area contributed by atoms with E-state index in [0.29, 0.717) is 6.04 Å². The molecule has 0 saturated heterocycles. The zero-order valence-corrected chi connectivity index (χ0v) is 12.8. The summed E-state index contributed by atoms with van der Waals surface area (Å²) in [7, 11) is 3.87. The monoisotopic (exact) mass is 264 g/mol. The summed E-state index contributed by atoms with van der Waals surface area (Å²) in [5, 5.41) is 3.56. The molecule has 19 heavy (non-hydrogen) atoms. The molecule has 3 heteroatoms. The van der Waals surface area contributed by atoms with E-state index in [4.69, 9.17) is 4.74 Å². The van der Waals surface area contributed by atoms with E-state index in [-0.39, 0.29) is 0 Å². The summed E-state index contributed by atoms with van der Waals surface area (Å²) in [5.41, 5.74) is 1.29. The molecule has 1 aromatic carbocycles. The summed E-state index contributed by atoms with van der Waals surface area (Å²) in [4.78, 5) is 2.33. The fraction of sp³-hybridized carbons (Fsp3) is 0.625. The molecule has 0 aliphatic rings. The lowest BCUT2D eigenvalue weighted by atomic mass is 10.2. The van der Waals surface area contributed by atoms with Gasteiger partial charge in [-0.2, -0.15) is 0 Å². The van der Waals surface area contributed by atoms with Crippen molar-refractivity contribution in [2.75, 3.05) is 27.2 Å². The van der Waals surface area contributed by atoms with Crippen LogP contribution in [0.1, 0.15) is 32.3 Å². The van der Waals surface area contributed by atoms with Crippen LogP contribution in [0.25, 0.3) is 0 Å². The van der Waals surface area contributed by atoms with Crippen LogP contribution in [0.4, 0.5) is 0 Å². The topological polar surface area (TPSA) is 24.5 Å². The Morgan fingerprint density at radius 2 is 2.16 bits per heavy atom. The Hall–Kier alpha value is -1.06. The van der Waals surface area contributed by atoms with E-state index in [1.165, 1.54) is 18.4 Å². The van der Waals surface area contributed by atoms with Gasteiger partial charge in [-0.05, 0) is 38.1 Å². The predicted molar refractivity (Wildman–Crippen MR) is 81.7 cm³/mol. The van der Waals surface area contributed by atoms with Gasteiger partial charge in [0.25, 0.3) is 0 Å². The van der Waals surface area contributed by atoms with Gasteiger partial charge in [0.15, 0.2) is 0 Å². The summed E-state index contributed by atoms with van der Waals surface area (Å²) in [6.07, 6.45) is 2.49. The lowest BCUT2D eigenvalue weighted by molar-refractivity contribution is 0.315. The molecule has 1 rings (SSSR count). The van der Waals surface area contributed by atoms with Crippen LogP contribution in [-0.2, 0) is 6.54 Å². The quantitative estimate of drug-likeness (QED) is 0.742. The minimum absolute atomic E-state index is 0.621. The molecule has 108 valence electrons. The average molecular weight is 264 g/mol. The molecule has 0 saturated carbocycles. The van der Waals surface area contributed by atoms with Crippen molar-refractivity contribution in [1.29, 1.82) is 0 Å². The van der Waals surface area contributed by atoms with Crippen molar-refractivity contribution in [2.24, 2.45) is 0 Å². The van der Waals surface area contributed by atoms with Gasteiger partial charge in [-0.25, -0.2) is 0 Å². The molecule has 1 aromatic rings. The Bertz CT molecular complexity index is 354. The summed E-state index contributed by atoms with van der Waals surface area (Å²) < 4.78 is 5.25. The average Bonchev–Trinajstić information content (AvgIpc) is 2.39. The third kappa shape index (κ3) is 6.60.